The molecule has 1 aliphatic heterocycles. The number of thioether (sulfide) groups is 2. The van der Waals surface area contributed by atoms with Crippen LogP contribution in [-0.2, 0) is 4.74 Å². The zero-order valence-electron chi connectivity index (χ0n) is 8.23. The van der Waals surface area contributed by atoms with Gasteiger partial charge >= 0.3 is 5.97 Å². The molecule has 1 unspecified atom stereocenters. The fourth-order valence-corrected chi connectivity index (χ4v) is 4.03. The van der Waals surface area contributed by atoms with Crippen molar-refractivity contribution in [3.8, 4) is 0 Å². The molecule has 1 atom stereocenters. The smallest absolute Gasteiger partial charge is 0.360 e. The number of esters is 1. The molecule has 0 radical (unpaired) electrons. The van der Waals surface area contributed by atoms with Crippen molar-refractivity contribution < 1.29 is 9.53 Å². The summed E-state index contributed by atoms with van der Waals surface area (Å²) in [5, 5.41) is 10.6. The first-order valence-corrected chi connectivity index (χ1v) is 6.71. The fourth-order valence-electron chi connectivity index (χ4n) is 1.36. The number of H-pyrrole nitrogens is 1. The Kier molecular flexibility index (Phi) is 3.53. The van der Waals surface area contributed by atoms with Gasteiger partial charge in [0.2, 0.25) is 0 Å². The first kappa shape index (κ1) is 10.8. The standard InChI is InChI=1S/C8H11N3O2S2/c1-13-8(12)7-6(9-11-10-7)5-4-14-2-3-15-5/h5H,2-4H2,1H3,(H,9,10,11). The lowest BCUT2D eigenvalue weighted by molar-refractivity contribution is 0.0592. The van der Waals surface area contributed by atoms with Gasteiger partial charge in [-0.2, -0.15) is 33.8 Å². The molecule has 1 aromatic rings. The molecule has 0 aliphatic carbocycles. The van der Waals surface area contributed by atoms with Crippen LogP contribution in [0, 0.1) is 0 Å². The first-order chi connectivity index (χ1) is 7.33. The molecule has 1 aromatic heterocycles. The number of hydrogen-bond donors (Lipinski definition) is 1. The monoisotopic (exact) mass is 245 g/mol. The van der Waals surface area contributed by atoms with Crippen LogP contribution in [0.5, 0.6) is 0 Å². The van der Waals surface area contributed by atoms with Crippen LogP contribution < -0.4 is 0 Å². The largest absolute Gasteiger partial charge is 0.464 e. The van der Waals surface area contributed by atoms with Crippen molar-refractivity contribution >= 4 is 29.5 Å². The predicted octanol–water partition coefficient (Wildman–Crippen LogP) is 1.11. The van der Waals surface area contributed by atoms with Crippen LogP contribution in [0.25, 0.3) is 0 Å². The molecule has 0 aromatic carbocycles. The average molecular weight is 245 g/mol. The summed E-state index contributed by atoms with van der Waals surface area (Å²) in [7, 11) is 1.35. The van der Waals surface area contributed by atoms with Crippen molar-refractivity contribution in [1.82, 2.24) is 15.4 Å². The number of aromatic nitrogens is 3. The van der Waals surface area contributed by atoms with Crippen LogP contribution in [0.3, 0.4) is 0 Å². The number of carbonyl (C=O) groups excluding carboxylic acids is 1. The minimum Gasteiger partial charge on any atom is -0.464 e. The quantitative estimate of drug-likeness (QED) is 0.787. The molecule has 5 nitrogen and oxygen atoms in total. The summed E-state index contributed by atoms with van der Waals surface area (Å²) in [4.78, 5) is 11.4. The molecular formula is C8H11N3O2S2. The number of carbonyl (C=O) groups is 1. The van der Waals surface area contributed by atoms with Crippen molar-refractivity contribution in [1.29, 1.82) is 0 Å². The summed E-state index contributed by atoms with van der Waals surface area (Å²) < 4.78 is 4.65. The van der Waals surface area contributed by atoms with Crippen LogP contribution >= 0.6 is 23.5 Å². The molecule has 2 heterocycles. The molecule has 15 heavy (non-hydrogen) atoms. The molecule has 7 heteroatoms. The Morgan fingerprint density at radius 1 is 1.53 bits per heavy atom. The molecule has 1 N–H and O–H groups in total. The van der Waals surface area contributed by atoms with Gasteiger partial charge in [-0.25, -0.2) is 4.79 Å². The van der Waals surface area contributed by atoms with Crippen molar-refractivity contribution in [2.24, 2.45) is 0 Å². The predicted molar refractivity (Wildman–Crippen MR) is 60.2 cm³/mol. The number of nitrogens with one attached hydrogen (secondary N) is 1. The Bertz CT molecular complexity index is 349. The molecule has 82 valence electrons. The maximum absolute atomic E-state index is 11.4. The van der Waals surface area contributed by atoms with Gasteiger partial charge in [0.25, 0.3) is 0 Å². The van der Waals surface area contributed by atoms with E-state index in [0.29, 0.717) is 5.69 Å². The fraction of sp³-hybridized carbons (Fsp3) is 0.625. The van der Waals surface area contributed by atoms with Gasteiger partial charge in [-0.1, -0.05) is 0 Å². The second-order valence-electron chi connectivity index (χ2n) is 2.98. The van der Waals surface area contributed by atoms with Crippen LogP contribution in [0.4, 0.5) is 0 Å². The Morgan fingerprint density at radius 3 is 3.07 bits per heavy atom. The van der Waals surface area contributed by atoms with E-state index in [1.165, 1.54) is 7.11 Å². The van der Waals surface area contributed by atoms with E-state index in [1.54, 1.807) is 0 Å². The van der Waals surface area contributed by atoms with Gasteiger partial charge in [-0.3, -0.25) is 0 Å². The number of ether oxygens (including phenoxy) is 1. The molecule has 2 rings (SSSR count). The van der Waals surface area contributed by atoms with Gasteiger partial charge in [0.1, 0.15) is 5.69 Å². The first-order valence-electron chi connectivity index (χ1n) is 4.51. The van der Waals surface area contributed by atoms with E-state index in [2.05, 4.69) is 20.1 Å². The van der Waals surface area contributed by atoms with E-state index in [1.807, 2.05) is 23.5 Å². The molecule has 0 bridgehead atoms. The highest BCUT2D eigenvalue weighted by Gasteiger charge is 2.26. The molecule has 0 saturated carbocycles. The summed E-state index contributed by atoms with van der Waals surface area (Å²) in [5.41, 5.74) is 1.04. The Hall–Kier alpha value is -0.690. The number of hydrogen-bond acceptors (Lipinski definition) is 6. The number of nitrogens with zero attached hydrogens (tertiary/aromatic N) is 2. The summed E-state index contributed by atoms with van der Waals surface area (Å²) >= 11 is 3.69. The van der Waals surface area contributed by atoms with Gasteiger partial charge in [0, 0.05) is 17.3 Å². The van der Waals surface area contributed by atoms with E-state index in [9.17, 15) is 4.79 Å². The van der Waals surface area contributed by atoms with Gasteiger partial charge in [-0.05, 0) is 0 Å². The average Bonchev–Trinajstić information content (AvgIpc) is 2.78. The molecule has 0 spiro atoms. The lowest BCUT2D eigenvalue weighted by Crippen LogP contribution is -2.12. The van der Waals surface area contributed by atoms with Crippen LogP contribution in [0.1, 0.15) is 21.4 Å². The Morgan fingerprint density at radius 2 is 2.40 bits per heavy atom. The SMILES string of the molecule is COC(=O)c1n[nH]nc1C1CSCCS1. The Labute approximate surface area is 95.7 Å². The molecule has 1 fully saturated rings. The minimum atomic E-state index is -0.421. The highest BCUT2D eigenvalue weighted by Crippen LogP contribution is 2.36. The van der Waals surface area contributed by atoms with Crippen molar-refractivity contribution in [2.45, 2.75) is 5.25 Å². The van der Waals surface area contributed by atoms with Crippen LogP contribution in [-0.4, -0.2) is 45.7 Å². The molecule has 1 saturated heterocycles. The summed E-state index contributed by atoms with van der Waals surface area (Å²) in [6.45, 7) is 0. The topological polar surface area (TPSA) is 67.9 Å². The van der Waals surface area contributed by atoms with Crippen LogP contribution in [0.2, 0.25) is 0 Å². The van der Waals surface area contributed by atoms with E-state index < -0.39 is 5.97 Å². The minimum absolute atomic E-state index is 0.247. The molecular weight excluding hydrogens is 234 g/mol. The van der Waals surface area contributed by atoms with Crippen molar-refractivity contribution in [2.75, 3.05) is 24.4 Å². The second-order valence-corrected chi connectivity index (χ2v) is 5.44. The third kappa shape index (κ3) is 2.28. The zero-order chi connectivity index (χ0) is 10.7. The number of aromatic amines is 1. The zero-order valence-corrected chi connectivity index (χ0v) is 9.86. The van der Waals surface area contributed by atoms with Crippen LogP contribution in [0.15, 0.2) is 0 Å². The van der Waals surface area contributed by atoms with Gasteiger partial charge in [0.05, 0.1) is 12.4 Å². The van der Waals surface area contributed by atoms with Gasteiger partial charge in [0.15, 0.2) is 5.69 Å². The summed E-state index contributed by atoms with van der Waals surface area (Å²) in [5.74, 6) is 2.80. The van der Waals surface area contributed by atoms with Crippen molar-refractivity contribution in [3.63, 3.8) is 0 Å². The van der Waals surface area contributed by atoms with Gasteiger partial charge < -0.3 is 4.74 Å². The third-order valence-electron chi connectivity index (χ3n) is 2.07. The normalized spacial score (nSPS) is 21.3. The number of methoxy groups -OCH3 is 1. The van der Waals surface area contributed by atoms with Crippen molar-refractivity contribution in [3.05, 3.63) is 11.4 Å². The maximum Gasteiger partial charge on any atom is 0.360 e. The highest BCUT2D eigenvalue weighted by atomic mass is 32.2. The lowest BCUT2D eigenvalue weighted by atomic mass is 10.2. The van der Waals surface area contributed by atoms with Gasteiger partial charge in [-0.15, -0.1) is 5.10 Å². The van der Waals surface area contributed by atoms with E-state index in [-0.39, 0.29) is 5.25 Å². The van der Waals surface area contributed by atoms with E-state index >= 15 is 0 Å². The second kappa shape index (κ2) is 4.89. The lowest BCUT2D eigenvalue weighted by Gasteiger charge is -2.18. The Balaban J connectivity index is 2.19. The summed E-state index contributed by atoms with van der Waals surface area (Å²) in [6, 6.07) is 0. The third-order valence-corrected chi connectivity index (χ3v) is 4.84. The van der Waals surface area contributed by atoms with E-state index in [4.69, 9.17) is 0 Å². The van der Waals surface area contributed by atoms with E-state index in [0.717, 1.165) is 23.0 Å². The maximum atomic E-state index is 11.4. The number of rotatable bonds is 2. The highest BCUT2D eigenvalue weighted by molar-refractivity contribution is 8.06. The molecule has 0 amide bonds. The molecule has 1 aliphatic rings. The summed E-state index contributed by atoms with van der Waals surface area (Å²) in [6.07, 6.45) is 0.